The van der Waals surface area contributed by atoms with E-state index in [2.05, 4.69) is 4.98 Å². The maximum absolute atomic E-state index is 13.0. The number of aldehydes is 1. The van der Waals surface area contributed by atoms with E-state index in [4.69, 9.17) is 11.6 Å². The van der Waals surface area contributed by atoms with Gasteiger partial charge in [-0.2, -0.15) is 0 Å². The van der Waals surface area contributed by atoms with Crippen molar-refractivity contribution in [2.24, 2.45) is 0 Å². The number of halogens is 2. The van der Waals surface area contributed by atoms with Crippen molar-refractivity contribution in [2.75, 3.05) is 0 Å². The molecule has 0 aliphatic heterocycles. The third kappa shape index (κ3) is 1.10. The molecule has 2 aromatic heterocycles. The van der Waals surface area contributed by atoms with Crippen molar-refractivity contribution in [1.82, 2.24) is 9.38 Å². The zero-order valence-corrected chi connectivity index (χ0v) is 7.12. The van der Waals surface area contributed by atoms with Crippen molar-refractivity contribution in [1.29, 1.82) is 0 Å². The summed E-state index contributed by atoms with van der Waals surface area (Å²) in [6.45, 7) is 0. The highest BCUT2D eigenvalue weighted by atomic mass is 35.5. The number of carbonyl (C=O) groups is 1. The minimum Gasteiger partial charge on any atom is -0.296 e. The Morgan fingerprint density at radius 3 is 3.08 bits per heavy atom. The van der Waals surface area contributed by atoms with Gasteiger partial charge < -0.3 is 0 Å². The molecule has 3 nitrogen and oxygen atoms in total. The summed E-state index contributed by atoms with van der Waals surface area (Å²) in [6, 6.07) is 1.22. The van der Waals surface area contributed by atoms with E-state index < -0.39 is 5.82 Å². The first kappa shape index (κ1) is 8.19. The molecule has 0 unspecified atom stereocenters. The maximum Gasteiger partial charge on any atom is 0.168 e. The van der Waals surface area contributed by atoms with Crippen LogP contribution in [0.2, 0.25) is 5.02 Å². The predicted octanol–water partition coefficient (Wildman–Crippen LogP) is 1.94. The molecule has 0 bridgehead atoms. The fourth-order valence-corrected chi connectivity index (χ4v) is 1.33. The number of imidazole rings is 1. The molecular weight excluding hydrogens is 195 g/mol. The highest BCUT2D eigenvalue weighted by Crippen LogP contribution is 2.20. The Labute approximate surface area is 77.8 Å². The molecule has 2 rings (SSSR count). The molecule has 0 saturated carbocycles. The first-order chi connectivity index (χ1) is 6.24. The molecule has 0 fully saturated rings. The van der Waals surface area contributed by atoms with Crippen LogP contribution in [0, 0.1) is 5.82 Å². The largest absolute Gasteiger partial charge is 0.296 e. The number of hydrogen-bond donors (Lipinski definition) is 0. The van der Waals surface area contributed by atoms with Crippen LogP contribution < -0.4 is 0 Å². The second-order valence-electron chi connectivity index (χ2n) is 2.50. The number of fused-ring (bicyclic) bond motifs is 1. The van der Waals surface area contributed by atoms with Crippen LogP contribution in [0.3, 0.4) is 0 Å². The molecule has 66 valence electrons. The van der Waals surface area contributed by atoms with Crippen molar-refractivity contribution >= 4 is 23.4 Å². The zero-order chi connectivity index (χ0) is 9.42. The first-order valence-electron chi connectivity index (χ1n) is 3.49. The van der Waals surface area contributed by atoms with Crippen LogP contribution in [-0.4, -0.2) is 15.7 Å². The molecule has 0 aliphatic carbocycles. The lowest BCUT2D eigenvalue weighted by Crippen LogP contribution is -1.97. The molecule has 5 heteroatoms. The van der Waals surface area contributed by atoms with E-state index in [9.17, 15) is 9.18 Å². The minimum absolute atomic E-state index is 0.0779. The number of nitrogens with zero attached hydrogens (tertiary/aromatic N) is 2. The van der Waals surface area contributed by atoms with Crippen LogP contribution in [0.1, 0.15) is 10.5 Å². The van der Waals surface area contributed by atoms with Gasteiger partial charge in [-0.25, -0.2) is 9.37 Å². The fourth-order valence-electron chi connectivity index (χ4n) is 1.14. The Morgan fingerprint density at radius 1 is 1.62 bits per heavy atom. The van der Waals surface area contributed by atoms with Gasteiger partial charge in [-0.3, -0.25) is 9.20 Å². The van der Waals surface area contributed by atoms with Crippen molar-refractivity contribution in [2.45, 2.75) is 0 Å². The minimum atomic E-state index is -0.614. The Hall–Kier alpha value is -1.42. The molecule has 0 aliphatic rings. The molecule has 0 amide bonds. The predicted molar refractivity (Wildman–Crippen MR) is 45.5 cm³/mol. The van der Waals surface area contributed by atoms with Gasteiger partial charge in [0.25, 0.3) is 0 Å². The van der Waals surface area contributed by atoms with Crippen LogP contribution in [0.15, 0.2) is 18.6 Å². The number of aromatic nitrogens is 2. The van der Waals surface area contributed by atoms with Gasteiger partial charge in [-0.1, -0.05) is 11.6 Å². The molecule has 2 heterocycles. The Bertz CT molecular complexity index is 480. The fraction of sp³-hybridized carbons (Fsp3) is 0. The molecule has 0 aromatic carbocycles. The van der Waals surface area contributed by atoms with Gasteiger partial charge in [0, 0.05) is 6.07 Å². The molecule has 0 radical (unpaired) electrons. The van der Waals surface area contributed by atoms with Gasteiger partial charge in [0.05, 0.1) is 18.0 Å². The second-order valence-corrected chi connectivity index (χ2v) is 2.88. The average molecular weight is 199 g/mol. The molecule has 2 aromatic rings. The topological polar surface area (TPSA) is 34.4 Å². The van der Waals surface area contributed by atoms with Crippen molar-refractivity contribution < 1.29 is 9.18 Å². The molecular formula is C8H4ClFN2O. The second kappa shape index (κ2) is 2.81. The van der Waals surface area contributed by atoms with Crippen LogP contribution in [0.5, 0.6) is 0 Å². The van der Waals surface area contributed by atoms with E-state index in [0.29, 0.717) is 11.8 Å². The average Bonchev–Trinajstić information content (AvgIpc) is 2.54. The van der Waals surface area contributed by atoms with E-state index in [1.807, 2.05) is 0 Å². The lowest BCUT2D eigenvalue weighted by atomic mass is 10.3. The Kier molecular flexibility index (Phi) is 1.77. The van der Waals surface area contributed by atoms with Crippen LogP contribution in [0.25, 0.3) is 5.52 Å². The molecule has 0 atom stereocenters. The summed E-state index contributed by atoms with van der Waals surface area (Å²) in [6.07, 6.45) is 3.36. The van der Waals surface area contributed by atoms with Crippen molar-refractivity contribution in [3.05, 3.63) is 35.1 Å². The van der Waals surface area contributed by atoms with Crippen LogP contribution in [0.4, 0.5) is 4.39 Å². The number of hydrogen-bond acceptors (Lipinski definition) is 2. The van der Waals surface area contributed by atoms with E-state index in [1.165, 1.54) is 23.0 Å². The highest BCUT2D eigenvalue weighted by molar-refractivity contribution is 6.32. The van der Waals surface area contributed by atoms with Crippen molar-refractivity contribution in [3.8, 4) is 0 Å². The third-order valence-corrected chi connectivity index (χ3v) is 2.12. The van der Waals surface area contributed by atoms with E-state index in [0.717, 1.165) is 0 Å². The quantitative estimate of drug-likeness (QED) is 0.657. The summed E-state index contributed by atoms with van der Waals surface area (Å²) in [7, 11) is 0. The number of pyridine rings is 1. The standard InChI is InChI=1S/C8H4ClFN2O/c9-8-6(10)1-5-2-11-4-12(5)7(8)3-13/h1-4H. The third-order valence-electron chi connectivity index (χ3n) is 1.75. The van der Waals surface area contributed by atoms with Gasteiger partial charge in [0.15, 0.2) is 6.29 Å². The summed E-state index contributed by atoms with van der Waals surface area (Å²) >= 11 is 5.57. The van der Waals surface area contributed by atoms with Gasteiger partial charge >= 0.3 is 0 Å². The highest BCUT2D eigenvalue weighted by Gasteiger charge is 2.10. The van der Waals surface area contributed by atoms with Gasteiger partial charge in [0.2, 0.25) is 0 Å². The van der Waals surface area contributed by atoms with Gasteiger partial charge in [0.1, 0.15) is 16.5 Å². The van der Waals surface area contributed by atoms with Crippen molar-refractivity contribution in [3.63, 3.8) is 0 Å². The number of rotatable bonds is 1. The van der Waals surface area contributed by atoms with Crippen LogP contribution in [-0.2, 0) is 0 Å². The van der Waals surface area contributed by atoms with Gasteiger partial charge in [-0.15, -0.1) is 0 Å². The first-order valence-corrected chi connectivity index (χ1v) is 3.87. The monoisotopic (exact) mass is 198 g/mol. The summed E-state index contributed by atoms with van der Waals surface area (Å²) in [4.78, 5) is 14.4. The van der Waals surface area contributed by atoms with Crippen LogP contribution >= 0.6 is 11.6 Å². The molecule has 0 N–H and O–H groups in total. The summed E-state index contributed by atoms with van der Waals surface area (Å²) in [5.41, 5.74) is 0.582. The Balaban J connectivity index is 2.95. The van der Waals surface area contributed by atoms with E-state index in [1.54, 1.807) is 0 Å². The Morgan fingerprint density at radius 2 is 2.38 bits per heavy atom. The maximum atomic E-state index is 13.0. The molecule has 13 heavy (non-hydrogen) atoms. The summed E-state index contributed by atoms with van der Waals surface area (Å²) in [5, 5.41) is -0.180. The lowest BCUT2D eigenvalue weighted by molar-refractivity contribution is 0.111. The summed E-state index contributed by atoms with van der Waals surface area (Å²) in [5.74, 6) is -0.614. The molecule has 0 saturated heterocycles. The smallest absolute Gasteiger partial charge is 0.168 e. The van der Waals surface area contributed by atoms with Gasteiger partial charge in [-0.05, 0) is 0 Å². The summed E-state index contributed by atoms with van der Waals surface area (Å²) < 4.78 is 14.5. The molecule has 0 spiro atoms. The van der Waals surface area contributed by atoms with E-state index in [-0.39, 0.29) is 10.7 Å². The normalized spacial score (nSPS) is 10.6. The van der Waals surface area contributed by atoms with E-state index >= 15 is 0 Å². The number of carbonyl (C=O) groups excluding carboxylic acids is 1. The SMILES string of the molecule is O=Cc1c(Cl)c(F)cc2cncn12. The lowest BCUT2D eigenvalue weighted by Gasteiger charge is -2.01. The zero-order valence-electron chi connectivity index (χ0n) is 6.37.